The molecular weight excluding hydrogens is 440 g/mol. The molecule has 2 N–H and O–H groups in total. The molecule has 0 aliphatic heterocycles. The molecule has 0 saturated heterocycles. The lowest BCUT2D eigenvalue weighted by molar-refractivity contribution is -0.163. The highest BCUT2D eigenvalue weighted by molar-refractivity contribution is 5.80. The van der Waals surface area contributed by atoms with Gasteiger partial charge in [-0.2, -0.15) is 0 Å². The van der Waals surface area contributed by atoms with Crippen LogP contribution in [0.5, 0.6) is 0 Å². The van der Waals surface area contributed by atoms with Gasteiger partial charge in [-0.3, -0.25) is 4.79 Å². The molecule has 0 aromatic rings. The summed E-state index contributed by atoms with van der Waals surface area (Å²) in [6.07, 6.45) is 27.2. The summed E-state index contributed by atoms with van der Waals surface area (Å²) in [5.74, 6) is -1.99. The molecule has 206 valence electrons. The van der Waals surface area contributed by atoms with Gasteiger partial charge in [-0.05, 0) is 51.4 Å². The van der Waals surface area contributed by atoms with Crippen molar-refractivity contribution >= 4 is 11.9 Å². The Morgan fingerprint density at radius 3 is 1.49 bits per heavy atom. The van der Waals surface area contributed by atoms with Gasteiger partial charge in [0.25, 0.3) is 0 Å². The first kappa shape index (κ1) is 33.6. The van der Waals surface area contributed by atoms with Crippen LogP contribution in [0.1, 0.15) is 155 Å². The van der Waals surface area contributed by atoms with Crippen LogP contribution in [0.3, 0.4) is 0 Å². The number of aliphatic hydroxyl groups excluding tert-OH is 1. The number of esters is 1. The van der Waals surface area contributed by atoms with Crippen LogP contribution in [0.2, 0.25) is 0 Å². The van der Waals surface area contributed by atoms with Crippen LogP contribution >= 0.6 is 0 Å². The number of hydrogen-bond acceptors (Lipinski definition) is 4. The number of aliphatic carboxylic acids is 1. The van der Waals surface area contributed by atoms with Crippen LogP contribution in [-0.4, -0.2) is 34.4 Å². The average Bonchev–Trinajstić information content (AvgIpc) is 2.82. The Labute approximate surface area is 216 Å². The van der Waals surface area contributed by atoms with Crippen molar-refractivity contribution in [3.63, 3.8) is 0 Å². The zero-order valence-corrected chi connectivity index (χ0v) is 23.0. The Bertz CT molecular complexity index is 517. The molecule has 0 radical (unpaired) electrons. The van der Waals surface area contributed by atoms with Crippen molar-refractivity contribution in [1.29, 1.82) is 0 Å². The van der Waals surface area contributed by atoms with Crippen LogP contribution in [0.4, 0.5) is 0 Å². The first-order valence-corrected chi connectivity index (χ1v) is 14.8. The molecular formula is C30H56O5. The predicted molar refractivity (Wildman–Crippen MR) is 146 cm³/mol. The standard InChI is InChI=1S/C30H56O5/c1-3-5-7-9-11-12-13-14-15-16-17-18-19-21-23-25-27(24-22-20-10-8-6-4-2)35-30(34)28(31)26-29(32)33/h14-15,27-28,31H,3-13,16-26H2,1-2H3,(H,32,33)/b15-14-. The molecule has 2 unspecified atom stereocenters. The summed E-state index contributed by atoms with van der Waals surface area (Å²) in [5.41, 5.74) is 0. The molecule has 0 aromatic heterocycles. The van der Waals surface area contributed by atoms with Gasteiger partial charge in [0, 0.05) is 0 Å². The average molecular weight is 497 g/mol. The molecule has 0 heterocycles. The van der Waals surface area contributed by atoms with E-state index in [4.69, 9.17) is 9.84 Å². The highest BCUT2D eigenvalue weighted by atomic mass is 16.6. The molecule has 0 spiro atoms. The molecule has 0 aromatic carbocycles. The van der Waals surface area contributed by atoms with Gasteiger partial charge in [0.2, 0.25) is 0 Å². The van der Waals surface area contributed by atoms with E-state index in [-0.39, 0.29) is 6.10 Å². The highest BCUT2D eigenvalue weighted by Crippen LogP contribution is 2.18. The van der Waals surface area contributed by atoms with Crippen LogP contribution in [0, 0.1) is 0 Å². The van der Waals surface area contributed by atoms with E-state index in [1.54, 1.807) is 0 Å². The third-order valence-corrected chi connectivity index (χ3v) is 6.59. The molecule has 5 nitrogen and oxygen atoms in total. The molecule has 35 heavy (non-hydrogen) atoms. The van der Waals surface area contributed by atoms with Gasteiger partial charge in [0.05, 0.1) is 6.42 Å². The summed E-state index contributed by atoms with van der Waals surface area (Å²) in [5, 5.41) is 18.5. The minimum atomic E-state index is -1.58. The third-order valence-electron chi connectivity index (χ3n) is 6.59. The van der Waals surface area contributed by atoms with Crippen molar-refractivity contribution < 1.29 is 24.5 Å². The van der Waals surface area contributed by atoms with Gasteiger partial charge in [0.15, 0.2) is 6.10 Å². The Morgan fingerprint density at radius 2 is 1.06 bits per heavy atom. The number of unbranched alkanes of at least 4 members (excludes halogenated alkanes) is 16. The Morgan fingerprint density at radius 1 is 0.657 bits per heavy atom. The van der Waals surface area contributed by atoms with Crippen LogP contribution in [-0.2, 0) is 14.3 Å². The van der Waals surface area contributed by atoms with E-state index < -0.39 is 24.5 Å². The number of hydrogen-bond donors (Lipinski definition) is 2. The topological polar surface area (TPSA) is 83.8 Å². The summed E-state index contributed by atoms with van der Waals surface area (Å²) < 4.78 is 5.50. The van der Waals surface area contributed by atoms with Gasteiger partial charge in [-0.1, -0.05) is 109 Å². The van der Waals surface area contributed by atoms with E-state index in [1.807, 2.05) is 0 Å². The number of aliphatic hydroxyl groups is 1. The maximum atomic E-state index is 12.1. The van der Waals surface area contributed by atoms with E-state index in [0.717, 1.165) is 44.9 Å². The van der Waals surface area contributed by atoms with E-state index in [0.29, 0.717) is 0 Å². The highest BCUT2D eigenvalue weighted by Gasteiger charge is 2.23. The molecule has 5 heteroatoms. The minimum Gasteiger partial charge on any atom is -0.481 e. The number of carboxylic acid groups (broad SMARTS) is 1. The second kappa shape index (κ2) is 25.7. The lowest BCUT2D eigenvalue weighted by Gasteiger charge is -2.19. The van der Waals surface area contributed by atoms with Crippen molar-refractivity contribution in [3.05, 3.63) is 12.2 Å². The molecule has 0 bridgehead atoms. The Kier molecular flexibility index (Phi) is 24.7. The Balaban J connectivity index is 3.99. The zero-order valence-electron chi connectivity index (χ0n) is 23.0. The first-order chi connectivity index (χ1) is 17.0. The molecule has 0 amide bonds. The van der Waals surface area contributed by atoms with Crippen LogP contribution in [0.15, 0.2) is 12.2 Å². The summed E-state index contributed by atoms with van der Waals surface area (Å²) in [4.78, 5) is 22.8. The van der Waals surface area contributed by atoms with Crippen molar-refractivity contribution in [1.82, 2.24) is 0 Å². The summed E-state index contributed by atoms with van der Waals surface area (Å²) >= 11 is 0. The summed E-state index contributed by atoms with van der Waals surface area (Å²) in [7, 11) is 0. The van der Waals surface area contributed by atoms with E-state index in [2.05, 4.69) is 26.0 Å². The number of allylic oxidation sites excluding steroid dienone is 2. The smallest absolute Gasteiger partial charge is 0.335 e. The maximum absolute atomic E-state index is 12.1. The van der Waals surface area contributed by atoms with Gasteiger partial charge in [-0.15, -0.1) is 0 Å². The minimum absolute atomic E-state index is 0.220. The van der Waals surface area contributed by atoms with E-state index >= 15 is 0 Å². The van der Waals surface area contributed by atoms with Gasteiger partial charge in [-0.25, -0.2) is 4.79 Å². The van der Waals surface area contributed by atoms with E-state index in [9.17, 15) is 14.7 Å². The molecule has 0 fully saturated rings. The van der Waals surface area contributed by atoms with Crippen molar-refractivity contribution in [2.24, 2.45) is 0 Å². The van der Waals surface area contributed by atoms with Crippen molar-refractivity contribution in [3.8, 4) is 0 Å². The maximum Gasteiger partial charge on any atom is 0.335 e. The fourth-order valence-electron chi connectivity index (χ4n) is 4.35. The normalized spacial score (nSPS) is 13.2. The second-order valence-electron chi connectivity index (χ2n) is 10.1. The quantitative estimate of drug-likeness (QED) is 0.0712. The van der Waals surface area contributed by atoms with Gasteiger partial charge >= 0.3 is 11.9 Å². The van der Waals surface area contributed by atoms with Crippen LogP contribution in [0.25, 0.3) is 0 Å². The van der Waals surface area contributed by atoms with Crippen molar-refractivity contribution in [2.45, 2.75) is 167 Å². The Hall–Kier alpha value is -1.36. The fraction of sp³-hybridized carbons (Fsp3) is 0.867. The van der Waals surface area contributed by atoms with E-state index in [1.165, 1.54) is 89.9 Å². The molecule has 0 aliphatic carbocycles. The third kappa shape index (κ3) is 24.1. The van der Waals surface area contributed by atoms with Crippen LogP contribution < -0.4 is 0 Å². The monoisotopic (exact) mass is 496 g/mol. The second-order valence-corrected chi connectivity index (χ2v) is 10.1. The summed E-state index contributed by atoms with van der Waals surface area (Å²) in [6, 6.07) is 0. The SMILES string of the molecule is CCCCCCCC/C=C\CCCCCCCC(CCCCCCCC)OC(=O)C(O)CC(=O)O. The van der Waals surface area contributed by atoms with Gasteiger partial charge < -0.3 is 14.9 Å². The number of carbonyl (C=O) groups is 2. The number of rotatable bonds is 26. The summed E-state index contributed by atoms with van der Waals surface area (Å²) in [6.45, 7) is 4.46. The zero-order chi connectivity index (χ0) is 26.0. The predicted octanol–water partition coefficient (Wildman–Crippen LogP) is 8.52. The van der Waals surface area contributed by atoms with Gasteiger partial charge in [0.1, 0.15) is 6.10 Å². The molecule has 2 atom stereocenters. The largest absolute Gasteiger partial charge is 0.481 e. The number of carboxylic acids is 1. The molecule has 0 aliphatic rings. The molecule has 0 saturated carbocycles. The van der Waals surface area contributed by atoms with Crippen molar-refractivity contribution in [2.75, 3.05) is 0 Å². The number of carbonyl (C=O) groups excluding carboxylic acids is 1. The lowest BCUT2D eigenvalue weighted by Crippen LogP contribution is -2.30. The number of ether oxygens (including phenoxy) is 1. The first-order valence-electron chi connectivity index (χ1n) is 14.8. The molecule has 0 rings (SSSR count). The fourth-order valence-corrected chi connectivity index (χ4v) is 4.35. The lowest BCUT2D eigenvalue weighted by atomic mass is 10.0.